The summed E-state index contributed by atoms with van der Waals surface area (Å²) in [4.78, 5) is 44.2. The third kappa shape index (κ3) is 7.07. The largest absolute Gasteiger partial charge is 0.465 e. The van der Waals surface area contributed by atoms with Crippen LogP contribution in [-0.2, 0) is 9.59 Å². The SMILES string of the molecule is CC(C)(C)N(C(=O)O)[C@H]1CC[C@H](Nc2cc(Nc3ccc(NC(=O)C4=CC=CC(c5ccc(F)cc5)C4=O)cc3)c3nccn3n2)CC1. The number of anilines is 4. The van der Waals surface area contributed by atoms with Crippen LogP contribution in [0.4, 0.5) is 32.1 Å². The van der Waals surface area contributed by atoms with Crippen molar-refractivity contribution in [3.05, 3.63) is 102 Å². The molecule has 48 heavy (non-hydrogen) atoms. The van der Waals surface area contributed by atoms with Crippen molar-refractivity contribution >= 4 is 46.3 Å². The van der Waals surface area contributed by atoms with Gasteiger partial charge in [-0.2, -0.15) is 0 Å². The second-order valence-electron chi connectivity index (χ2n) is 13.1. The quantitative estimate of drug-likeness (QED) is 0.151. The fraction of sp³-hybridized carbons (Fsp3) is 0.306. The van der Waals surface area contributed by atoms with E-state index < -0.39 is 29.3 Å². The van der Waals surface area contributed by atoms with E-state index in [2.05, 4.69) is 26.0 Å². The molecule has 0 spiro atoms. The highest BCUT2D eigenvalue weighted by Crippen LogP contribution is 2.32. The van der Waals surface area contributed by atoms with Crippen molar-refractivity contribution in [2.45, 2.75) is 70.0 Å². The van der Waals surface area contributed by atoms with Gasteiger partial charge in [0.1, 0.15) is 11.6 Å². The lowest BCUT2D eigenvalue weighted by Gasteiger charge is -2.42. The Bertz CT molecular complexity index is 1890. The van der Waals surface area contributed by atoms with E-state index in [9.17, 15) is 23.9 Å². The van der Waals surface area contributed by atoms with Gasteiger partial charge in [-0.05, 0) is 94.5 Å². The highest BCUT2D eigenvalue weighted by Gasteiger charge is 2.35. The number of allylic oxidation sites excluding steroid dienone is 3. The Balaban J connectivity index is 1.09. The lowest BCUT2D eigenvalue weighted by molar-refractivity contribution is -0.120. The van der Waals surface area contributed by atoms with Crippen molar-refractivity contribution in [1.29, 1.82) is 0 Å². The summed E-state index contributed by atoms with van der Waals surface area (Å²) in [6.07, 6.45) is 10.6. The second kappa shape index (κ2) is 13.3. The van der Waals surface area contributed by atoms with Crippen molar-refractivity contribution in [1.82, 2.24) is 19.5 Å². The fourth-order valence-corrected chi connectivity index (χ4v) is 6.47. The molecule has 2 aliphatic carbocycles. The minimum Gasteiger partial charge on any atom is -0.465 e. The lowest BCUT2D eigenvalue weighted by atomic mass is 9.86. The van der Waals surface area contributed by atoms with Gasteiger partial charge in [-0.3, -0.25) is 9.59 Å². The van der Waals surface area contributed by atoms with Crippen molar-refractivity contribution in [2.75, 3.05) is 16.0 Å². The normalized spacial score (nSPS) is 19.5. The number of nitrogens with one attached hydrogen (secondary N) is 3. The van der Waals surface area contributed by atoms with Crippen LogP contribution in [0.15, 0.2) is 90.8 Å². The molecule has 4 aromatic rings. The Labute approximate surface area is 277 Å². The van der Waals surface area contributed by atoms with Crippen LogP contribution in [0.2, 0.25) is 0 Å². The first-order chi connectivity index (χ1) is 23.0. The van der Waals surface area contributed by atoms with Gasteiger partial charge in [-0.15, -0.1) is 5.10 Å². The molecule has 2 aromatic heterocycles. The van der Waals surface area contributed by atoms with Crippen LogP contribution in [0.5, 0.6) is 0 Å². The van der Waals surface area contributed by atoms with Crippen molar-refractivity contribution < 1.29 is 23.9 Å². The average molecular weight is 652 g/mol. The van der Waals surface area contributed by atoms with Gasteiger partial charge in [0.25, 0.3) is 5.91 Å². The molecule has 6 rings (SSSR count). The zero-order chi connectivity index (χ0) is 34.0. The molecule has 1 atom stereocenters. The maximum atomic E-state index is 13.4. The van der Waals surface area contributed by atoms with Crippen LogP contribution in [0.1, 0.15) is 57.9 Å². The van der Waals surface area contributed by atoms with E-state index in [-0.39, 0.29) is 23.4 Å². The van der Waals surface area contributed by atoms with Gasteiger partial charge in [0.2, 0.25) is 0 Å². The number of amides is 2. The number of nitrogens with zero attached hydrogens (tertiary/aromatic N) is 4. The molecule has 1 fully saturated rings. The number of hydrogen-bond donors (Lipinski definition) is 4. The predicted octanol–water partition coefficient (Wildman–Crippen LogP) is 6.90. The van der Waals surface area contributed by atoms with E-state index in [0.29, 0.717) is 22.7 Å². The van der Waals surface area contributed by atoms with Crippen molar-refractivity contribution in [3.8, 4) is 0 Å². The molecule has 0 bridgehead atoms. The first-order valence-corrected chi connectivity index (χ1v) is 16.0. The minimum atomic E-state index is -0.886. The summed E-state index contributed by atoms with van der Waals surface area (Å²) in [6, 6.07) is 14.8. The first-order valence-electron chi connectivity index (χ1n) is 16.0. The number of halogens is 1. The van der Waals surface area contributed by atoms with Gasteiger partial charge in [-0.1, -0.05) is 24.3 Å². The summed E-state index contributed by atoms with van der Waals surface area (Å²) < 4.78 is 15.1. The maximum absolute atomic E-state index is 13.4. The summed E-state index contributed by atoms with van der Waals surface area (Å²) in [5.41, 5.74) is 2.80. The van der Waals surface area contributed by atoms with Crippen LogP contribution in [0.3, 0.4) is 0 Å². The fourth-order valence-electron chi connectivity index (χ4n) is 6.47. The summed E-state index contributed by atoms with van der Waals surface area (Å²) >= 11 is 0. The number of ketones is 1. The standard InChI is InChI=1S/C36H38FN7O4/c1-36(2,3)44(35(47)48)27-17-15-25(16-18-27)40-31-21-30(33-38-19-20-43(33)42-31)39-24-11-13-26(14-12-24)41-34(46)29-6-4-5-28(32(29)45)22-7-9-23(37)10-8-22/h4-14,19-21,25,27-28,39H,15-18H2,1-3H3,(H,40,42)(H,41,46)(H,47,48)/t25-,27-,28?. The third-order valence-electron chi connectivity index (χ3n) is 8.71. The minimum absolute atomic E-state index is 0.0226. The van der Waals surface area contributed by atoms with Gasteiger partial charge >= 0.3 is 6.09 Å². The molecular weight excluding hydrogens is 613 g/mol. The number of benzene rings is 2. The van der Waals surface area contributed by atoms with Crippen molar-refractivity contribution in [3.63, 3.8) is 0 Å². The van der Waals surface area contributed by atoms with Crippen LogP contribution < -0.4 is 16.0 Å². The van der Waals surface area contributed by atoms with Gasteiger partial charge in [-0.25, -0.2) is 18.7 Å². The number of carbonyl (C=O) groups excluding carboxylic acids is 2. The van der Waals surface area contributed by atoms with E-state index in [1.807, 2.05) is 39.0 Å². The van der Waals surface area contributed by atoms with Crippen LogP contribution >= 0.6 is 0 Å². The van der Waals surface area contributed by atoms with E-state index >= 15 is 0 Å². The number of aromatic nitrogens is 3. The smallest absolute Gasteiger partial charge is 0.407 e. The highest BCUT2D eigenvalue weighted by molar-refractivity contribution is 6.26. The zero-order valence-electron chi connectivity index (χ0n) is 27.0. The van der Waals surface area contributed by atoms with E-state index in [1.54, 1.807) is 58.2 Å². The predicted molar refractivity (Wildman–Crippen MR) is 182 cm³/mol. The molecule has 0 saturated heterocycles. The summed E-state index contributed by atoms with van der Waals surface area (Å²) in [6.45, 7) is 5.78. The lowest BCUT2D eigenvalue weighted by Crippen LogP contribution is -2.52. The number of hydrogen-bond acceptors (Lipinski definition) is 7. The van der Waals surface area contributed by atoms with Gasteiger partial charge < -0.3 is 26.0 Å². The van der Waals surface area contributed by atoms with E-state index in [4.69, 9.17) is 0 Å². The zero-order valence-corrected chi connectivity index (χ0v) is 27.0. The molecule has 2 amide bonds. The summed E-state index contributed by atoms with van der Waals surface area (Å²) in [7, 11) is 0. The number of imidazole rings is 1. The number of carboxylic acid groups (broad SMARTS) is 1. The average Bonchev–Trinajstić information content (AvgIpc) is 3.52. The molecule has 4 N–H and O–H groups in total. The highest BCUT2D eigenvalue weighted by atomic mass is 19.1. The monoisotopic (exact) mass is 651 g/mol. The van der Waals surface area contributed by atoms with Crippen LogP contribution in [0, 0.1) is 5.82 Å². The van der Waals surface area contributed by atoms with Gasteiger partial charge in [0.15, 0.2) is 11.4 Å². The number of Topliss-reactive ketones (excluding diaryl/α,β-unsaturated/α-hetero) is 1. The molecule has 2 aromatic carbocycles. The van der Waals surface area contributed by atoms with Crippen LogP contribution in [-0.4, -0.2) is 60.0 Å². The summed E-state index contributed by atoms with van der Waals surface area (Å²) in [5, 5.41) is 24.2. The van der Waals surface area contributed by atoms with Gasteiger partial charge in [0, 0.05) is 47.5 Å². The Morgan fingerprint density at radius 3 is 2.35 bits per heavy atom. The topological polar surface area (TPSA) is 141 Å². The van der Waals surface area contributed by atoms with Gasteiger partial charge in [0.05, 0.1) is 17.2 Å². The van der Waals surface area contributed by atoms with Crippen LogP contribution in [0.25, 0.3) is 5.65 Å². The summed E-state index contributed by atoms with van der Waals surface area (Å²) in [5.74, 6) is -1.27. The Kier molecular flexibility index (Phi) is 8.99. The Hall–Kier alpha value is -5.52. The Morgan fingerprint density at radius 2 is 1.69 bits per heavy atom. The molecule has 12 heteroatoms. The van der Waals surface area contributed by atoms with E-state index in [1.165, 1.54) is 18.2 Å². The van der Waals surface area contributed by atoms with E-state index in [0.717, 1.165) is 37.1 Å². The number of rotatable bonds is 8. The molecule has 1 unspecified atom stereocenters. The maximum Gasteiger partial charge on any atom is 0.407 e. The molecule has 2 heterocycles. The molecule has 0 radical (unpaired) electrons. The molecule has 2 aliphatic rings. The second-order valence-corrected chi connectivity index (χ2v) is 13.1. The molecule has 248 valence electrons. The molecular formula is C36H38FN7O4. The molecule has 0 aliphatic heterocycles. The third-order valence-corrected chi connectivity index (χ3v) is 8.71. The number of fused-ring (bicyclic) bond motifs is 1. The Morgan fingerprint density at radius 1 is 1.00 bits per heavy atom. The molecule has 1 saturated carbocycles. The first kappa shape index (κ1) is 32.4. The molecule has 11 nitrogen and oxygen atoms in total. The number of carbonyl (C=O) groups is 3. The van der Waals surface area contributed by atoms with Crippen molar-refractivity contribution in [2.24, 2.45) is 0 Å².